The fourth-order valence-electron chi connectivity index (χ4n) is 3.85. The van der Waals surface area contributed by atoms with Gasteiger partial charge in [-0.3, -0.25) is 0 Å². The maximum absolute atomic E-state index is 11.4. The van der Waals surface area contributed by atoms with Crippen molar-refractivity contribution in [1.29, 1.82) is 0 Å². The van der Waals surface area contributed by atoms with E-state index in [2.05, 4.69) is 29.2 Å². The average molecular weight is 339 g/mol. The van der Waals surface area contributed by atoms with E-state index in [1.54, 1.807) is 0 Å². The van der Waals surface area contributed by atoms with Crippen LogP contribution in [0.15, 0.2) is 24.3 Å². The van der Waals surface area contributed by atoms with Gasteiger partial charge in [-0.05, 0) is 37.3 Å². The van der Waals surface area contributed by atoms with E-state index in [9.17, 15) is 4.55 Å². The molecule has 3 aliphatic rings. The number of anilines is 1. The second kappa shape index (κ2) is 5.74. The van der Waals surface area contributed by atoms with Crippen LogP contribution in [0.2, 0.25) is 0 Å². The summed E-state index contributed by atoms with van der Waals surface area (Å²) in [6.45, 7) is 2.15. The van der Waals surface area contributed by atoms with Crippen LogP contribution in [0.4, 0.5) is 5.95 Å². The highest BCUT2D eigenvalue weighted by molar-refractivity contribution is 7.92. The zero-order valence-corrected chi connectivity index (χ0v) is 14.5. The lowest BCUT2D eigenvalue weighted by Crippen LogP contribution is -2.38. The van der Waals surface area contributed by atoms with Crippen LogP contribution in [0.1, 0.15) is 35.6 Å². The molecule has 0 amide bonds. The van der Waals surface area contributed by atoms with E-state index in [1.807, 2.05) is 0 Å². The molecule has 0 saturated carbocycles. The Hall–Kier alpha value is -1.59. The first-order chi connectivity index (χ1) is 11.8. The summed E-state index contributed by atoms with van der Waals surface area (Å²) in [4.78, 5) is 12.1. The molecule has 2 saturated heterocycles. The summed E-state index contributed by atoms with van der Waals surface area (Å²) in [7, 11) is 0. The van der Waals surface area contributed by atoms with E-state index in [1.165, 1.54) is 35.2 Å². The molecule has 2 aliphatic heterocycles. The maximum Gasteiger partial charge on any atom is 0.226 e. The van der Waals surface area contributed by atoms with Gasteiger partial charge in [0.2, 0.25) is 5.95 Å². The Labute approximate surface area is 145 Å². The number of fused-ring (bicyclic) bond motifs is 1. The summed E-state index contributed by atoms with van der Waals surface area (Å²) in [6.07, 6.45) is 4.58. The molecule has 3 heterocycles. The number of hydrogen-bond donors (Lipinski definition) is 0. The zero-order valence-electron chi connectivity index (χ0n) is 13.7. The predicted octanol–water partition coefficient (Wildman–Crippen LogP) is 2.69. The zero-order chi connectivity index (χ0) is 16.1. The largest absolute Gasteiger partial charge is 0.616 e. The van der Waals surface area contributed by atoms with Gasteiger partial charge in [0, 0.05) is 29.9 Å². The maximum atomic E-state index is 11.4. The van der Waals surface area contributed by atoms with Crippen molar-refractivity contribution in [3.8, 4) is 11.3 Å². The van der Waals surface area contributed by atoms with Gasteiger partial charge in [0.1, 0.15) is 11.5 Å². The summed E-state index contributed by atoms with van der Waals surface area (Å²) >= 11 is -0.609. The number of rotatable bonds is 3. The van der Waals surface area contributed by atoms with Crippen molar-refractivity contribution < 1.29 is 4.55 Å². The van der Waals surface area contributed by atoms with Crippen molar-refractivity contribution in [2.75, 3.05) is 29.5 Å². The van der Waals surface area contributed by atoms with Crippen molar-refractivity contribution in [2.24, 2.45) is 0 Å². The quantitative estimate of drug-likeness (QED) is 0.807. The molecular weight excluding hydrogens is 318 g/mol. The molecule has 0 bridgehead atoms. The molecule has 0 atom stereocenters. The lowest BCUT2D eigenvalue weighted by molar-refractivity contribution is 0.564. The average Bonchev–Trinajstić information content (AvgIpc) is 2.98. The van der Waals surface area contributed by atoms with Gasteiger partial charge >= 0.3 is 0 Å². The molecule has 5 heteroatoms. The van der Waals surface area contributed by atoms with Crippen LogP contribution in [0, 0.1) is 0 Å². The molecule has 0 radical (unpaired) electrons. The molecule has 0 spiro atoms. The summed E-state index contributed by atoms with van der Waals surface area (Å²) in [5.74, 6) is 2.98. The number of aryl methyl sites for hydroxylation is 1. The number of nitrogens with zero attached hydrogens (tertiary/aromatic N) is 3. The van der Waals surface area contributed by atoms with Gasteiger partial charge in [0.15, 0.2) is 0 Å². The standard InChI is InChI=1S/C19H21N3OS/c23-24-11-15(12-24)13-4-1-5-14(10-13)18-16-6-2-7-17(16)20-19(21-18)22-8-3-9-22/h1,4-5,10,15H,2-3,6-9,11-12H2. The summed E-state index contributed by atoms with van der Waals surface area (Å²) in [5.41, 5.74) is 6.22. The predicted molar refractivity (Wildman–Crippen MR) is 96.9 cm³/mol. The molecule has 0 unspecified atom stereocenters. The third-order valence-electron chi connectivity index (χ3n) is 5.47. The number of aromatic nitrogens is 2. The Morgan fingerprint density at radius 2 is 1.96 bits per heavy atom. The molecule has 5 rings (SSSR count). The first-order valence-corrected chi connectivity index (χ1v) is 10.4. The van der Waals surface area contributed by atoms with Crippen LogP contribution >= 0.6 is 0 Å². The highest BCUT2D eigenvalue weighted by atomic mass is 32.2. The highest BCUT2D eigenvalue weighted by Gasteiger charge is 2.33. The monoisotopic (exact) mass is 339 g/mol. The molecule has 1 aliphatic carbocycles. The Morgan fingerprint density at radius 3 is 2.71 bits per heavy atom. The van der Waals surface area contributed by atoms with Gasteiger partial charge in [0.05, 0.1) is 11.6 Å². The molecule has 1 aromatic carbocycles. The van der Waals surface area contributed by atoms with Crippen LogP contribution in [0.5, 0.6) is 0 Å². The smallest absolute Gasteiger partial charge is 0.226 e. The topological polar surface area (TPSA) is 52.1 Å². The molecule has 0 N–H and O–H groups in total. The van der Waals surface area contributed by atoms with E-state index in [0.717, 1.165) is 49.1 Å². The van der Waals surface area contributed by atoms with E-state index in [0.29, 0.717) is 5.92 Å². The fourth-order valence-corrected chi connectivity index (χ4v) is 5.03. The van der Waals surface area contributed by atoms with Crippen LogP contribution < -0.4 is 4.90 Å². The molecule has 4 nitrogen and oxygen atoms in total. The number of hydrogen-bond acceptors (Lipinski definition) is 4. The van der Waals surface area contributed by atoms with E-state index in [4.69, 9.17) is 9.97 Å². The molecule has 2 aromatic rings. The van der Waals surface area contributed by atoms with E-state index < -0.39 is 11.2 Å². The van der Waals surface area contributed by atoms with Gasteiger partial charge in [-0.2, -0.15) is 0 Å². The molecule has 1 aromatic heterocycles. The van der Waals surface area contributed by atoms with Crippen LogP contribution in [-0.2, 0) is 24.0 Å². The van der Waals surface area contributed by atoms with E-state index in [-0.39, 0.29) is 0 Å². The minimum atomic E-state index is -0.609. The van der Waals surface area contributed by atoms with Crippen molar-refractivity contribution in [2.45, 2.75) is 31.6 Å². The minimum Gasteiger partial charge on any atom is -0.616 e. The molecular formula is C19H21N3OS. The summed E-state index contributed by atoms with van der Waals surface area (Å²) < 4.78 is 11.4. The van der Waals surface area contributed by atoms with E-state index >= 15 is 0 Å². The Balaban J connectivity index is 1.56. The normalized spacial score (nSPS) is 25.1. The minimum absolute atomic E-state index is 0.454. The van der Waals surface area contributed by atoms with Gasteiger partial charge in [-0.25, -0.2) is 9.97 Å². The SMILES string of the molecule is [O-][S+]1CC(c2cccc(-c3nc(N4CCC4)nc4c3CCC4)c2)C1. The highest BCUT2D eigenvalue weighted by Crippen LogP contribution is 2.35. The van der Waals surface area contributed by atoms with Crippen LogP contribution in [-0.4, -0.2) is 39.1 Å². The fraction of sp³-hybridized carbons (Fsp3) is 0.474. The lowest BCUT2D eigenvalue weighted by Gasteiger charge is -2.31. The van der Waals surface area contributed by atoms with Crippen LogP contribution in [0.25, 0.3) is 11.3 Å². The van der Waals surface area contributed by atoms with Gasteiger partial charge < -0.3 is 9.45 Å². The Morgan fingerprint density at radius 1 is 1.08 bits per heavy atom. The lowest BCUT2D eigenvalue weighted by atomic mass is 9.97. The van der Waals surface area contributed by atoms with Gasteiger partial charge in [-0.1, -0.05) is 29.4 Å². The van der Waals surface area contributed by atoms with Crippen molar-refractivity contribution in [3.05, 3.63) is 41.1 Å². The molecule has 2 fully saturated rings. The molecule has 124 valence electrons. The first-order valence-electron chi connectivity index (χ1n) is 8.88. The second-order valence-corrected chi connectivity index (χ2v) is 8.63. The Kier molecular flexibility index (Phi) is 3.52. The third kappa shape index (κ3) is 2.42. The van der Waals surface area contributed by atoms with Gasteiger partial charge in [0.25, 0.3) is 0 Å². The third-order valence-corrected chi connectivity index (χ3v) is 7.01. The second-order valence-electron chi connectivity index (χ2n) is 7.09. The number of benzene rings is 1. The van der Waals surface area contributed by atoms with Crippen molar-refractivity contribution in [1.82, 2.24) is 9.97 Å². The Bertz CT molecular complexity index is 784. The van der Waals surface area contributed by atoms with Crippen molar-refractivity contribution >= 4 is 17.1 Å². The van der Waals surface area contributed by atoms with Crippen LogP contribution in [0.3, 0.4) is 0 Å². The van der Waals surface area contributed by atoms with Gasteiger partial charge in [-0.15, -0.1) is 0 Å². The van der Waals surface area contributed by atoms with Crippen molar-refractivity contribution in [3.63, 3.8) is 0 Å². The first kappa shape index (κ1) is 14.7. The summed E-state index contributed by atoms with van der Waals surface area (Å²) in [6, 6.07) is 8.72. The summed E-state index contributed by atoms with van der Waals surface area (Å²) in [5, 5.41) is 0. The molecule has 24 heavy (non-hydrogen) atoms.